The lowest BCUT2D eigenvalue weighted by molar-refractivity contribution is -0.130. The van der Waals surface area contributed by atoms with E-state index in [-0.39, 0.29) is 18.6 Å². The van der Waals surface area contributed by atoms with Gasteiger partial charge < -0.3 is 24.7 Å². The molecule has 0 aliphatic carbocycles. The minimum absolute atomic E-state index is 0.109. The Hall–Kier alpha value is -3.48. The van der Waals surface area contributed by atoms with E-state index in [1.165, 1.54) is 4.90 Å². The number of aryl methyl sites for hydroxylation is 1. The van der Waals surface area contributed by atoms with Crippen molar-refractivity contribution in [1.82, 2.24) is 10.2 Å². The van der Waals surface area contributed by atoms with Crippen LogP contribution in [-0.4, -0.2) is 37.5 Å². The Bertz CT molecular complexity index is 993. The fourth-order valence-corrected chi connectivity index (χ4v) is 2.76. The Morgan fingerprint density at radius 2 is 1.90 bits per heavy atom. The maximum atomic E-state index is 12.5. The van der Waals surface area contributed by atoms with Crippen molar-refractivity contribution in [2.45, 2.75) is 19.9 Å². The highest BCUT2D eigenvalue weighted by molar-refractivity contribution is 5.91. The first-order valence-electron chi connectivity index (χ1n) is 9.33. The molecule has 1 unspecified atom stereocenters. The molecule has 0 aliphatic heterocycles. The third-order valence-corrected chi connectivity index (χ3v) is 4.45. The molecule has 2 N–H and O–H groups in total. The van der Waals surface area contributed by atoms with Gasteiger partial charge in [-0.25, -0.2) is 4.79 Å². The third-order valence-electron chi connectivity index (χ3n) is 4.45. The molecule has 152 valence electrons. The van der Waals surface area contributed by atoms with Gasteiger partial charge in [-0.1, -0.05) is 24.3 Å². The van der Waals surface area contributed by atoms with E-state index in [4.69, 9.17) is 9.15 Å². The second kappa shape index (κ2) is 8.68. The lowest BCUT2D eigenvalue weighted by Gasteiger charge is -2.17. The number of carbonyl (C=O) groups is 2. The average molecular weight is 395 g/mol. The van der Waals surface area contributed by atoms with Crippen LogP contribution in [0.2, 0.25) is 0 Å². The fourth-order valence-electron chi connectivity index (χ4n) is 2.76. The first-order valence-corrected chi connectivity index (χ1v) is 9.33. The molecule has 1 atom stereocenters. The second-order valence-corrected chi connectivity index (χ2v) is 7.08. The van der Waals surface area contributed by atoms with E-state index in [1.54, 1.807) is 26.2 Å². The summed E-state index contributed by atoms with van der Waals surface area (Å²) in [5.74, 6) is 0.936. The molecular weight excluding hydrogens is 370 g/mol. The van der Waals surface area contributed by atoms with Gasteiger partial charge in [0.1, 0.15) is 17.1 Å². The maximum Gasteiger partial charge on any atom is 0.319 e. The molecule has 2 aromatic carbocycles. The Morgan fingerprint density at radius 1 is 1.14 bits per heavy atom. The number of carbonyl (C=O) groups excluding carboxylic acids is 2. The monoisotopic (exact) mass is 395 g/mol. The molecule has 0 radical (unpaired) electrons. The Labute approximate surface area is 169 Å². The number of benzene rings is 2. The highest BCUT2D eigenvalue weighted by atomic mass is 16.5. The maximum absolute atomic E-state index is 12.5. The van der Waals surface area contributed by atoms with Crippen molar-refractivity contribution >= 4 is 28.6 Å². The number of anilines is 1. The van der Waals surface area contributed by atoms with Crippen LogP contribution in [0.3, 0.4) is 0 Å². The Balaban J connectivity index is 1.67. The van der Waals surface area contributed by atoms with Crippen LogP contribution in [0.5, 0.6) is 5.75 Å². The van der Waals surface area contributed by atoms with Crippen molar-refractivity contribution in [3.8, 4) is 5.75 Å². The molecule has 7 nitrogen and oxygen atoms in total. The van der Waals surface area contributed by atoms with Gasteiger partial charge in [-0.2, -0.15) is 0 Å². The number of hydrogen-bond donors (Lipinski definition) is 2. The molecule has 3 amide bonds. The van der Waals surface area contributed by atoms with Gasteiger partial charge in [0, 0.05) is 19.5 Å². The van der Waals surface area contributed by atoms with E-state index >= 15 is 0 Å². The van der Waals surface area contributed by atoms with Gasteiger partial charge in [-0.3, -0.25) is 4.79 Å². The zero-order valence-electron chi connectivity index (χ0n) is 17.0. The third kappa shape index (κ3) is 5.07. The van der Waals surface area contributed by atoms with Crippen molar-refractivity contribution in [1.29, 1.82) is 0 Å². The molecule has 0 saturated carbocycles. The molecule has 0 saturated heterocycles. The van der Waals surface area contributed by atoms with Gasteiger partial charge in [-0.15, -0.1) is 0 Å². The van der Waals surface area contributed by atoms with Crippen LogP contribution < -0.4 is 15.4 Å². The number of fused-ring (bicyclic) bond motifs is 1. The molecule has 3 aromatic rings. The largest absolute Gasteiger partial charge is 0.482 e. The predicted octanol–water partition coefficient (Wildman–Crippen LogP) is 4.09. The van der Waals surface area contributed by atoms with Gasteiger partial charge in [-0.05, 0) is 43.7 Å². The molecule has 0 bridgehead atoms. The SMILES string of the molecule is Cc1ccc(NC(=O)NC(C)c2cc3ccccc3o2)c(OCC(=O)N(C)C)c1. The number of likely N-dealkylation sites (N-methyl/N-ethyl adjacent to an activating group) is 1. The number of hydrogen-bond acceptors (Lipinski definition) is 4. The number of nitrogens with zero attached hydrogens (tertiary/aromatic N) is 1. The van der Waals surface area contributed by atoms with Crippen LogP contribution >= 0.6 is 0 Å². The zero-order chi connectivity index (χ0) is 21.0. The molecule has 1 aromatic heterocycles. The molecule has 1 heterocycles. The number of para-hydroxylation sites is 1. The summed E-state index contributed by atoms with van der Waals surface area (Å²) in [6.45, 7) is 3.65. The van der Waals surface area contributed by atoms with Crippen molar-refractivity contribution in [2.24, 2.45) is 0 Å². The molecular formula is C22H25N3O4. The number of amides is 3. The second-order valence-electron chi connectivity index (χ2n) is 7.08. The van der Waals surface area contributed by atoms with E-state index < -0.39 is 6.03 Å². The summed E-state index contributed by atoms with van der Waals surface area (Å²) in [4.78, 5) is 25.8. The number of furan rings is 1. The number of urea groups is 1. The highest BCUT2D eigenvalue weighted by Crippen LogP contribution is 2.27. The van der Waals surface area contributed by atoms with Crippen LogP contribution in [0.1, 0.15) is 24.3 Å². The smallest absolute Gasteiger partial charge is 0.319 e. The van der Waals surface area contributed by atoms with E-state index in [0.717, 1.165) is 16.5 Å². The number of ether oxygens (including phenoxy) is 1. The summed E-state index contributed by atoms with van der Waals surface area (Å²) in [7, 11) is 3.32. The summed E-state index contributed by atoms with van der Waals surface area (Å²) in [5.41, 5.74) is 2.21. The fraction of sp³-hybridized carbons (Fsp3) is 0.273. The van der Waals surface area contributed by atoms with Crippen LogP contribution in [0.25, 0.3) is 11.0 Å². The van der Waals surface area contributed by atoms with Gasteiger partial charge in [0.15, 0.2) is 6.61 Å². The topological polar surface area (TPSA) is 83.8 Å². The van der Waals surface area contributed by atoms with E-state index in [9.17, 15) is 9.59 Å². The molecule has 0 fully saturated rings. The predicted molar refractivity (Wildman–Crippen MR) is 112 cm³/mol. The minimum atomic E-state index is -0.398. The summed E-state index contributed by atoms with van der Waals surface area (Å²) < 4.78 is 11.4. The van der Waals surface area contributed by atoms with Gasteiger partial charge in [0.25, 0.3) is 5.91 Å². The molecule has 3 rings (SSSR count). The zero-order valence-corrected chi connectivity index (χ0v) is 17.0. The molecule has 29 heavy (non-hydrogen) atoms. The Morgan fingerprint density at radius 3 is 2.62 bits per heavy atom. The lowest BCUT2D eigenvalue weighted by atomic mass is 10.2. The Kier molecular flexibility index (Phi) is 6.07. The van der Waals surface area contributed by atoms with Crippen LogP contribution in [0.15, 0.2) is 52.9 Å². The summed E-state index contributed by atoms with van der Waals surface area (Å²) in [6.07, 6.45) is 0. The van der Waals surface area contributed by atoms with Crippen molar-refractivity contribution < 1.29 is 18.7 Å². The first kappa shape index (κ1) is 20.3. The van der Waals surface area contributed by atoms with Crippen LogP contribution in [0, 0.1) is 6.92 Å². The standard InChI is InChI=1S/C22H25N3O4/c1-14-9-10-17(20(11-14)28-13-21(26)25(3)4)24-22(27)23-15(2)19-12-16-7-5-6-8-18(16)29-19/h5-12,15H,13H2,1-4H3,(H2,23,24,27). The lowest BCUT2D eigenvalue weighted by Crippen LogP contribution is -2.31. The molecule has 0 spiro atoms. The normalized spacial score (nSPS) is 11.7. The molecule has 0 aliphatic rings. The van der Waals surface area contributed by atoms with Crippen molar-refractivity contribution in [2.75, 3.05) is 26.0 Å². The number of nitrogens with one attached hydrogen (secondary N) is 2. The molecule has 7 heteroatoms. The van der Waals surface area contributed by atoms with Crippen molar-refractivity contribution in [3.63, 3.8) is 0 Å². The summed E-state index contributed by atoms with van der Waals surface area (Å²) in [5, 5.41) is 6.62. The van der Waals surface area contributed by atoms with Crippen LogP contribution in [-0.2, 0) is 4.79 Å². The first-order chi connectivity index (χ1) is 13.8. The van der Waals surface area contributed by atoms with Crippen LogP contribution in [0.4, 0.5) is 10.5 Å². The average Bonchev–Trinajstić information content (AvgIpc) is 3.12. The highest BCUT2D eigenvalue weighted by Gasteiger charge is 2.16. The van der Waals surface area contributed by atoms with E-state index in [2.05, 4.69) is 10.6 Å². The number of rotatable bonds is 6. The summed E-state index contributed by atoms with van der Waals surface area (Å²) in [6, 6.07) is 14.3. The minimum Gasteiger partial charge on any atom is -0.482 e. The van der Waals surface area contributed by atoms with E-state index in [1.807, 2.05) is 50.2 Å². The quantitative estimate of drug-likeness (QED) is 0.658. The van der Waals surface area contributed by atoms with E-state index in [0.29, 0.717) is 17.2 Å². The van der Waals surface area contributed by atoms with Crippen molar-refractivity contribution in [3.05, 3.63) is 59.9 Å². The van der Waals surface area contributed by atoms with Gasteiger partial charge >= 0.3 is 6.03 Å². The van der Waals surface area contributed by atoms with Gasteiger partial charge in [0.2, 0.25) is 0 Å². The van der Waals surface area contributed by atoms with Gasteiger partial charge in [0.05, 0.1) is 11.7 Å². The summed E-state index contributed by atoms with van der Waals surface area (Å²) >= 11 is 0.